The summed E-state index contributed by atoms with van der Waals surface area (Å²) in [4.78, 5) is 40.6. The molecule has 186 valence electrons. The molecule has 2 amide bonds. The predicted octanol–water partition coefficient (Wildman–Crippen LogP) is 5.04. The summed E-state index contributed by atoms with van der Waals surface area (Å²) in [5.74, 6) is -2.79. The van der Waals surface area contributed by atoms with E-state index in [0.29, 0.717) is 12.2 Å². The van der Waals surface area contributed by atoms with Gasteiger partial charge in [0.15, 0.2) is 0 Å². The Labute approximate surface area is 202 Å². The van der Waals surface area contributed by atoms with Crippen molar-refractivity contribution in [2.45, 2.75) is 57.7 Å². The summed E-state index contributed by atoms with van der Waals surface area (Å²) in [5.41, 5.74) is 1.64. The minimum Gasteiger partial charge on any atom is -0.481 e. The van der Waals surface area contributed by atoms with E-state index in [1.165, 1.54) is 0 Å². The van der Waals surface area contributed by atoms with Gasteiger partial charge < -0.3 is 14.7 Å². The Hall–Kier alpha value is -3.49. The number of amides is 2. The maximum atomic E-state index is 13.5. The molecule has 0 aromatic heterocycles. The Balaban J connectivity index is 1.63. The molecule has 0 saturated heterocycles. The van der Waals surface area contributed by atoms with Gasteiger partial charge in [-0.25, -0.2) is 13.6 Å². The van der Waals surface area contributed by atoms with Gasteiger partial charge in [-0.2, -0.15) is 0 Å². The molecule has 1 aliphatic carbocycles. The van der Waals surface area contributed by atoms with Crippen LogP contribution in [0.3, 0.4) is 0 Å². The highest BCUT2D eigenvalue weighted by atomic mass is 19.1. The van der Waals surface area contributed by atoms with Crippen molar-refractivity contribution in [3.63, 3.8) is 0 Å². The fraction of sp³-hybridized carbons (Fsp3) is 0.423. The van der Waals surface area contributed by atoms with E-state index in [9.17, 15) is 23.2 Å². The summed E-state index contributed by atoms with van der Waals surface area (Å²) in [6.45, 7) is 2.00. The van der Waals surface area contributed by atoms with Crippen molar-refractivity contribution in [3.8, 4) is 0 Å². The number of carbonyl (C=O) groups excluding carboxylic acids is 2. The van der Waals surface area contributed by atoms with Crippen LogP contribution in [0.25, 0.3) is 0 Å². The number of halogens is 2. The zero-order chi connectivity index (χ0) is 25.1. The Morgan fingerprint density at radius 1 is 1.09 bits per heavy atom. The first-order valence-electron chi connectivity index (χ1n) is 11.8. The lowest BCUT2D eigenvalue weighted by molar-refractivity contribution is -0.142. The highest BCUT2D eigenvalue weighted by Crippen LogP contribution is 2.50. The number of benzene rings is 2. The molecule has 0 bridgehead atoms. The average molecular weight is 487 g/mol. The monoisotopic (exact) mass is 486 g/mol. The highest BCUT2D eigenvalue weighted by molar-refractivity contribution is 5.91. The molecule has 0 spiro atoms. The number of ether oxygens (including phenoxy) is 1. The first-order valence-corrected chi connectivity index (χ1v) is 11.8. The first-order chi connectivity index (χ1) is 16.8. The maximum Gasteiger partial charge on any atom is 0.414 e. The maximum absolute atomic E-state index is 13.5. The zero-order valence-electron chi connectivity index (χ0n) is 19.5. The van der Waals surface area contributed by atoms with Crippen LogP contribution in [0.2, 0.25) is 0 Å². The van der Waals surface area contributed by atoms with Gasteiger partial charge in [-0.1, -0.05) is 24.6 Å². The van der Waals surface area contributed by atoms with Crippen LogP contribution < -0.4 is 4.90 Å². The quantitative estimate of drug-likeness (QED) is 0.592. The van der Waals surface area contributed by atoms with Crippen molar-refractivity contribution in [3.05, 3.63) is 65.2 Å². The third kappa shape index (κ3) is 5.13. The smallest absolute Gasteiger partial charge is 0.414 e. The Morgan fingerprint density at radius 3 is 2.49 bits per heavy atom. The fourth-order valence-electron chi connectivity index (χ4n) is 5.45. The molecule has 1 fully saturated rings. The molecule has 2 aromatic carbocycles. The van der Waals surface area contributed by atoms with E-state index < -0.39 is 23.7 Å². The van der Waals surface area contributed by atoms with Gasteiger partial charge in [0.1, 0.15) is 18.2 Å². The first kappa shape index (κ1) is 24.6. The van der Waals surface area contributed by atoms with Crippen LogP contribution in [-0.2, 0) is 20.9 Å². The molecule has 0 radical (unpaired) electrons. The molecule has 1 N–H and O–H groups in total. The summed E-state index contributed by atoms with van der Waals surface area (Å²) in [7, 11) is 0. The number of carboxylic acid groups (broad SMARTS) is 1. The summed E-state index contributed by atoms with van der Waals surface area (Å²) in [6, 6.07) is 9.82. The van der Waals surface area contributed by atoms with Crippen molar-refractivity contribution >= 4 is 23.7 Å². The van der Waals surface area contributed by atoms with Gasteiger partial charge >= 0.3 is 12.1 Å². The van der Waals surface area contributed by atoms with Crippen LogP contribution in [0.1, 0.15) is 56.2 Å². The van der Waals surface area contributed by atoms with Crippen LogP contribution >= 0.6 is 0 Å². The number of fused-ring (bicyclic) bond motifs is 2. The molecule has 1 heterocycles. The van der Waals surface area contributed by atoms with E-state index in [2.05, 4.69) is 0 Å². The van der Waals surface area contributed by atoms with E-state index in [1.54, 1.807) is 21.9 Å². The SMILES string of the molecule is CCN(C(=O)CCC(=O)O)C1c2ccccc2N(C(=O)OCc2cc(F)cc(F)c2)C2CCCC12. The topological polar surface area (TPSA) is 87.2 Å². The molecule has 3 unspecified atom stereocenters. The third-order valence-electron chi connectivity index (χ3n) is 6.81. The summed E-state index contributed by atoms with van der Waals surface area (Å²) in [6.07, 6.45) is 1.44. The molecular formula is C26H28F2N2O5. The Bertz CT molecular complexity index is 1100. The molecule has 1 saturated carbocycles. The lowest BCUT2D eigenvalue weighted by Gasteiger charge is -2.46. The van der Waals surface area contributed by atoms with Gasteiger partial charge in [0, 0.05) is 31.0 Å². The van der Waals surface area contributed by atoms with E-state index in [4.69, 9.17) is 9.84 Å². The number of carboxylic acids is 1. The molecule has 1 aliphatic heterocycles. The number of nitrogens with zero attached hydrogens (tertiary/aromatic N) is 2. The minimum absolute atomic E-state index is 0.0437. The van der Waals surface area contributed by atoms with E-state index in [0.717, 1.165) is 43.0 Å². The molecule has 4 rings (SSSR count). The molecule has 7 nitrogen and oxygen atoms in total. The number of anilines is 1. The van der Waals surface area contributed by atoms with Crippen LogP contribution in [0.15, 0.2) is 42.5 Å². The number of hydrogen-bond acceptors (Lipinski definition) is 4. The van der Waals surface area contributed by atoms with Crippen molar-refractivity contribution in [2.24, 2.45) is 5.92 Å². The standard InChI is InChI=1S/C26H28F2N2O5/c1-2-29(23(31)10-11-24(32)33)25-19-6-3-4-8-21(19)30(22-9-5-7-20(22)25)26(34)35-15-16-12-17(27)14-18(28)13-16/h3-4,6,8,12-14,20,22,25H,2,5,7,9-11,15H2,1H3,(H,32,33). The van der Waals surface area contributed by atoms with Gasteiger partial charge in [-0.15, -0.1) is 0 Å². The molecule has 3 atom stereocenters. The van der Waals surface area contributed by atoms with E-state index >= 15 is 0 Å². The van der Waals surface area contributed by atoms with Crippen LogP contribution in [-0.4, -0.2) is 40.6 Å². The van der Waals surface area contributed by atoms with E-state index in [-0.39, 0.29) is 48.9 Å². The number of para-hydroxylation sites is 1. The van der Waals surface area contributed by atoms with Crippen LogP contribution in [0.4, 0.5) is 19.3 Å². The van der Waals surface area contributed by atoms with Gasteiger partial charge in [0.25, 0.3) is 0 Å². The summed E-state index contributed by atoms with van der Waals surface area (Å²) >= 11 is 0. The molecular weight excluding hydrogens is 458 g/mol. The second kappa shape index (κ2) is 10.4. The zero-order valence-corrected chi connectivity index (χ0v) is 19.5. The van der Waals surface area contributed by atoms with Gasteiger partial charge in [0.2, 0.25) is 5.91 Å². The van der Waals surface area contributed by atoms with Crippen LogP contribution in [0.5, 0.6) is 0 Å². The molecule has 2 aromatic rings. The lowest BCUT2D eigenvalue weighted by Crippen LogP contribution is -2.52. The van der Waals surface area contributed by atoms with Crippen molar-refractivity contribution < 1.29 is 33.0 Å². The average Bonchev–Trinajstić information content (AvgIpc) is 3.29. The Morgan fingerprint density at radius 2 is 1.80 bits per heavy atom. The van der Waals surface area contributed by atoms with Gasteiger partial charge in [-0.05, 0) is 49.1 Å². The predicted molar refractivity (Wildman–Crippen MR) is 124 cm³/mol. The summed E-state index contributed by atoms with van der Waals surface area (Å²) < 4.78 is 32.6. The highest BCUT2D eigenvalue weighted by Gasteiger charge is 2.48. The number of rotatable bonds is 7. The van der Waals surface area contributed by atoms with Gasteiger partial charge in [0.05, 0.1) is 18.2 Å². The molecule has 35 heavy (non-hydrogen) atoms. The number of hydrogen-bond donors (Lipinski definition) is 1. The van der Waals surface area contributed by atoms with E-state index in [1.807, 2.05) is 19.1 Å². The van der Waals surface area contributed by atoms with Crippen LogP contribution in [0, 0.1) is 17.6 Å². The largest absolute Gasteiger partial charge is 0.481 e. The fourth-order valence-corrected chi connectivity index (χ4v) is 5.45. The van der Waals surface area contributed by atoms with Crippen molar-refractivity contribution in [1.29, 1.82) is 0 Å². The summed E-state index contributed by atoms with van der Waals surface area (Å²) in [5, 5.41) is 9.02. The normalized spacial score (nSPS) is 20.7. The second-order valence-corrected chi connectivity index (χ2v) is 8.94. The lowest BCUT2D eigenvalue weighted by atomic mass is 9.81. The number of aliphatic carboxylic acids is 1. The van der Waals surface area contributed by atoms with Crippen molar-refractivity contribution in [1.82, 2.24) is 4.90 Å². The minimum atomic E-state index is -1.02. The van der Waals surface area contributed by atoms with Gasteiger partial charge in [-0.3, -0.25) is 14.5 Å². The third-order valence-corrected chi connectivity index (χ3v) is 6.81. The molecule has 2 aliphatic rings. The van der Waals surface area contributed by atoms with Crippen molar-refractivity contribution in [2.75, 3.05) is 11.4 Å². The molecule has 9 heteroatoms. The second-order valence-electron chi connectivity index (χ2n) is 8.94. The number of carbonyl (C=O) groups is 3. The Kier molecular flexibility index (Phi) is 7.33.